The lowest BCUT2D eigenvalue weighted by Crippen LogP contribution is -2.12. The van der Waals surface area contributed by atoms with Crippen molar-refractivity contribution in [3.05, 3.63) is 46.8 Å². The fraction of sp³-hybridized carbons (Fsp3) is 0.400. The Labute approximate surface area is 166 Å². The molecule has 0 aliphatic rings. The molecule has 144 valence electrons. The van der Waals surface area contributed by atoms with Gasteiger partial charge in [-0.1, -0.05) is 12.2 Å². The second-order valence-electron chi connectivity index (χ2n) is 6.48. The largest absolute Gasteiger partial charge is 0.475 e. The van der Waals surface area contributed by atoms with Crippen LogP contribution in [0.25, 0.3) is 0 Å². The van der Waals surface area contributed by atoms with E-state index in [-0.39, 0.29) is 12.2 Å². The second kappa shape index (κ2) is 10.4. The summed E-state index contributed by atoms with van der Waals surface area (Å²) in [6.45, 7) is 11.5. The number of hydrogen-bond acceptors (Lipinski definition) is 6. The molecule has 0 aliphatic heterocycles. The molecule has 2 N–H and O–H groups in total. The highest BCUT2D eigenvalue weighted by molar-refractivity contribution is 7.80. The maximum Gasteiger partial charge on any atom is 0.215 e. The summed E-state index contributed by atoms with van der Waals surface area (Å²) < 4.78 is 10.8. The van der Waals surface area contributed by atoms with Crippen LogP contribution in [0, 0.1) is 25.2 Å². The van der Waals surface area contributed by atoms with E-state index in [2.05, 4.69) is 16.0 Å². The molecular weight excluding hydrogens is 360 g/mol. The molecule has 0 radical (unpaired) electrons. The first-order valence-electron chi connectivity index (χ1n) is 8.61. The highest BCUT2D eigenvalue weighted by Gasteiger charge is 2.05. The molecule has 0 spiro atoms. The average molecular weight is 387 g/mol. The van der Waals surface area contributed by atoms with Gasteiger partial charge in [0, 0.05) is 29.1 Å². The van der Waals surface area contributed by atoms with Gasteiger partial charge in [-0.3, -0.25) is 0 Å². The normalized spacial score (nSPS) is 10.0. The van der Waals surface area contributed by atoms with Gasteiger partial charge < -0.3 is 15.2 Å². The van der Waals surface area contributed by atoms with Crippen LogP contribution in [0.4, 0.5) is 0 Å². The summed E-state index contributed by atoms with van der Waals surface area (Å²) >= 11 is 4.89. The first kappa shape index (κ1) is 22.3. The van der Waals surface area contributed by atoms with Crippen molar-refractivity contribution >= 4 is 17.2 Å². The van der Waals surface area contributed by atoms with Gasteiger partial charge in [0.05, 0.1) is 23.8 Å². The summed E-state index contributed by atoms with van der Waals surface area (Å²) in [7, 11) is 0. The number of thiocarbonyl (C=S) groups is 1. The van der Waals surface area contributed by atoms with Gasteiger partial charge >= 0.3 is 0 Å². The SMILES string of the molecule is Cc1cc(C#N)cc(OC(C)C)n1.Cc1cc(C(N)=S)cc(OC(C)C)n1. The van der Waals surface area contributed by atoms with Gasteiger partial charge in [0.25, 0.3) is 0 Å². The molecule has 0 unspecified atom stereocenters. The van der Waals surface area contributed by atoms with Crippen LogP contribution in [0.1, 0.15) is 50.2 Å². The molecule has 2 heterocycles. The molecule has 0 saturated carbocycles. The zero-order valence-electron chi connectivity index (χ0n) is 16.6. The highest BCUT2D eigenvalue weighted by atomic mass is 32.1. The van der Waals surface area contributed by atoms with Crippen molar-refractivity contribution in [3.8, 4) is 17.8 Å². The van der Waals surface area contributed by atoms with Crippen LogP contribution < -0.4 is 15.2 Å². The minimum Gasteiger partial charge on any atom is -0.475 e. The number of nitrogens with two attached hydrogens (primary N) is 1. The minimum atomic E-state index is 0.0841. The van der Waals surface area contributed by atoms with Crippen LogP contribution in [0.3, 0.4) is 0 Å². The van der Waals surface area contributed by atoms with E-state index < -0.39 is 0 Å². The van der Waals surface area contributed by atoms with Crippen LogP contribution in [-0.4, -0.2) is 27.2 Å². The fourth-order valence-electron chi connectivity index (χ4n) is 2.09. The number of pyridine rings is 2. The van der Waals surface area contributed by atoms with Crippen LogP contribution in [0.2, 0.25) is 0 Å². The molecule has 0 aliphatic carbocycles. The molecule has 2 rings (SSSR count). The average Bonchev–Trinajstić information content (AvgIpc) is 2.52. The molecule has 0 bridgehead atoms. The van der Waals surface area contributed by atoms with E-state index in [4.69, 9.17) is 32.7 Å². The summed E-state index contributed by atoms with van der Waals surface area (Å²) in [5.74, 6) is 1.09. The zero-order valence-corrected chi connectivity index (χ0v) is 17.4. The summed E-state index contributed by atoms with van der Waals surface area (Å²) in [5, 5.41) is 8.69. The van der Waals surface area contributed by atoms with Crippen LogP contribution in [0.5, 0.6) is 11.8 Å². The minimum absolute atomic E-state index is 0.0841. The topological polar surface area (TPSA) is 94.0 Å². The molecule has 0 amide bonds. The molecule has 0 fully saturated rings. The predicted octanol–water partition coefficient (Wildman–Crippen LogP) is 3.86. The number of nitriles is 1. The van der Waals surface area contributed by atoms with Crippen molar-refractivity contribution in [2.45, 2.75) is 53.8 Å². The third-order valence-electron chi connectivity index (χ3n) is 2.99. The highest BCUT2D eigenvalue weighted by Crippen LogP contribution is 2.14. The van der Waals surface area contributed by atoms with Gasteiger partial charge in [-0.15, -0.1) is 0 Å². The van der Waals surface area contributed by atoms with E-state index in [0.29, 0.717) is 22.3 Å². The lowest BCUT2D eigenvalue weighted by atomic mass is 10.2. The number of hydrogen-bond donors (Lipinski definition) is 1. The van der Waals surface area contributed by atoms with Gasteiger partial charge in [-0.25, -0.2) is 9.97 Å². The Hall–Kier alpha value is -2.72. The number of rotatable bonds is 5. The standard InChI is InChI=1S/C10H14N2OS.C10H12N2O/c1-6(2)13-9-5-8(10(11)14)4-7(3)12-9;1-7(2)13-10-5-9(6-11)4-8(3)12-10/h4-6H,1-3H3,(H2,11,14);4-5,7H,1-3H3. The van der Waals surface area contributed by atoms with Crippen LogP contribution in [0.15, 0.2) is 24.3 Å². The van der Waals surface area contributed by atoms with Crippen molar-refractivity contribution in [2.75, 3.05) is 0 Å². The Balaban J connectivity index is 0.000000271. The Bertz CT molecular complexity index is 829. The molecule has 27 heavy (non-hydrogen) atoms. The Morgan fingerprint density at radius 1 is 0.963 bits per heavy atom. The van der Waals surface area contributed by atoms with Crippen molar-refractivity contribution in [3.63, 3.8) is 0 Å². The Morgan fingerprint density at radius 2 is 1.44 bits per heavy atom. The van der Waals surface area contributed by atoms with Crippen molar-refractivity contribution < 1.29 is 9.47 Å². The Kier molecular flexibility index (Phi) is 8.63. The third kappa shape index (κ3) is 8.47. The zero-order chi connectivity index (χ0) is 20.6. The second-order valence-corrected chi connectivity index (χ2v) is 6.92. The fourth-order valence-corrected chi connectivity index (χ4v) is 2.20. The van der Waals surface area contributed by atoms with Crippen LogP contribution in [-0.2, 0) is 0 Å². The summed E-state index contributed by atoms with van der Waals surface area (Å²) in [6, 6.07) is 9.04. The molecule has 2 aromatic rings. The molecule has 6 nitrogen and oxygen atoms in total. The maximum absolute atomic E-state index is 8.69. The van der Waals surface area contributed by atoms with E-state index >= 15 is 0 Å². The Morgan fingerprint density at radius 3 is 1.89 bits per heavy atom. The van der Waals surface area contributed by atoms with E-state index in [1.807, 2.05) is 47.6 Å². The van der Waals surface area contributed by atoms with E-state index in [0.717, 1.165) is 17.0 Å². The van der Waals surface area contributed by atoms with E-state index in [9.17, 15) is 0 Å². The van der Waals surface area contributed by atoms with Gasteiger partial charge in [-0.05, 0) is 53.7 Å². The summed E-state index contributed by atoms with van der Waals surface area (Å²) in [6.07, 6.45) is 0.185. The molecular formula is C20H26N4O2S. The lowest BCUT2D eigenvalue weighted by molar-refractivity contribution is 0.232. The number of nitrogens with zero attached hydrogens (tertiary/aromatic N) is 3. The van der Waals surface area contributed by atoms with Crippen molar-refractivity contribution in [1.82, 2.24) is 9.97 Å². The molecule has 0 saturated heterocycles. The molecule has 0 atom stereocenters. The third-order valence-corrected chi connectivity index (χ3v) is 3.22. The van der Waals surface area contributed by atoms with Crippen molar-refractivity contribution in [2.24, 2.45) is 5.73 Å². The quantitative estimate of drug-likeness (QED) is 0.780. The lowest BCUT2D eigenvalue weighted by Gasteiger charge is -2.10. The van der Waals surface area contributed by atoms with Gasteiger partial charge in [0.2, 0.25) is 11.8 Å². The smallest absolute Gasteiger partial charge is 0.215 e. The first-order valence-corrected chi connectivity index (χ1v) is 9.02. The van der Waals surface area contributed by atoms with Gasteiger partial charge in [-0.2, -0.15) is 5.26 Å². The van der Waals surface area contributed by atoms with Gasteiger partial charge in [0.1, 0.15) is 4.99 Å². The first-order chi connectivity index (χ1) is 12.6. The van der Waals surface area contributed by atoms with E-state index in [1.165, 1.54) is 0 Å². The molecule has 7 heteroatoms. The van der Waals surface area contributed by atoms with E-state index in [1.54, 1.807) is 18.2 Å². The van der Waals surface area contributed by atoms with Crippen molar-refractivity contribution in [1.29, 1.82) is 5.26 Å². The predicted molar refractivity (Wildman–Crippen MR) is 110 cm³/mol. The number of aryl methyl sites for hydroxylation is 2. The molecule has 2 aromatic heterocycles. The van der Waals surface area contributed by atoms with Crippen LogP contribution >= 0.6 is 12.2 Å². The monoisotopic (exact) mass is 386 g/mol. The number of aromatic nitrogens is 2. The van der Waals surface area contributed by atoms with Gasteiger partial charge in [0.15, 0.2) is 0 Å². The summed E-state index contributed by atoms with van der Waals surface area (Å²) in [5.41, 5.74) is 8.56. The molecule has 0 aromatic carbocycles. The maximum atomic E-state index is 8.69. The number of ether oxygens (including phenoxy) is 2. The summed E-state index contributed by atoms with van der Waals surface area (Å²) in [4.78, 5) is 8.73.